The van der Waals surface area contributed by atoms with Crippen molar-refractivity contribution in [1.29, 1.82) is 0 Å². The van der Waals surface area contributed by atoms with Gasteiger partial charge < -0.3 is 10.0 Å². The molecule has 4 nitrogen and oxygen atoms in total. The number of amides is 1. The molecule has 108 valence electrons. The van der Waals surface area contributed by atoms with E-state index in [1.165, 1.54) is 0 Å². The number of fused-ring (bicyclic) bond motifs is 1. The van der Waals surface area contributed by atoms with Gasteiger partial charge in [-0.05, 0) is 37.3 Å². The summed E-state index contributed by atoms with van der Waals surface area (Å²) in [5.41, 5.74) is 0.669. The maximum Gasteiger partial charge on any atom is 0.336 e. The van der Waals surface area contributed by atoms with Crippen molar-refractivity contribution in [1.82, 2.24) is 4.90 Å². The number of carboxylic acids is 1. The highest BCUT2D eigenvalue weighted by Crippen LogP contribution is 2.30. The lowest BCUT2D eigenvalue weighted by molar-refractivity contribution is 0.0699. The molecule has 1 fully saturated rings. The van der Waals surface area contributed by atoms with Gasteiger partial charge in [0.05, 0.1) is 5.56 Å². The number of benzene rings is 2. The van der Waals surface area contributed by atoms with Gasteiger partial charge in [0.2, 0.25) is 0 Å². The zero-order valence-electron chi connectivity index (χ0n) is 11.9. The van der Waals surface area contributed by atoms with E-state index in [1.54, 1.807) is 18.2 Å². The number of aromatic carboxylic acids is 1. The highest BCUT2D eigenvalue weighted by atomic mass is 16.4. The summed E-state index contributed by atoms with van der Waals surface area (Å²) in [7, 11) is 0. The van der Waals surface area contributed by atoms with Crippen molar-refractivity contribution < 1.29 is 14.7 Å². The number of hydrogen-bond donors (Lipinski definition) is 1. The minimum Gasteiger partial charge on any atom is -0.478 e. The molecule has 1 N–H and O–H groups in total. The normalized spacial score (nSPS) is 14.1. The Bertz CT molecular complexity index is 714. The molecule has 0 radical (unpaired) electrons. The molecule has 0 atom stereocenters. The van der Waals surface area contributed by atoms with Crippen LogP contribution in [0.3, 0.4) is 0 Å². The van der Waals surface area contributed by atoms with Gasteiger partial charge in [-0.15, -0.1) is 0 Å². The minimum atomic E-state index is -1.00. The summed E-state index contributed by atoms with van der Waals surface area (Å²) >= 11 is 0. The maximum absolute atomic E-state index is 12.8. The molecule has 2 aromatic rings. The van der Waals surface area contributed by atoms with Crippen LogP contribution in [0.25, 0.3) is 10.8 Å². The molecule has 0 unspecified atom stereocenters. The fourth-order valence-corrected chi connectivity index (χ4v) is 2.81. The van der Waals surface area contributed by atoms with Crippen molar-refractivity contribution in [3.63, 3.8) is 0 Å². The second kappa shape index (κ2) is 5.20. The van der Waals surface area contributed by atoms with E-state index in [-0.39, 0.29) is 11.5 Å². The first-order valence-corrected chi connectivity index (χ1v) is 7.19. The highest BCUT2D eigenvalue weighted by Gasteiger charge is 2.32. The van der Waals surface area contributed by atoms with Crippen LogP contribution in [0.4, 0.5) is 0 Å². The Hall–Kier alpha value is -2.36. The van der Waals surface area contributed by atoms with Crippen molar-refractivity contribution in [2.24, 2.45) is 0 Å². The second-order valence-corrected chi connectivity index (χ2v) is 5.34. The first kappa shape index (κ1) is 13.6. The SMILES string of the molecule is CCN(C(=O)c1cccc2cccc(C(=O)O)c12)C1CC1. The van der Waals surface area contributed by atoms with Crippen molar-refractivity contribution >= 4 is 22.6 Å². The Labute approximate surface area is 123 Å². The van der Waals surface area contributed by atoms with E-state index in [0.717, 1.165) is 18.2 Å². The molecule has 0 aromatic heterocycles. The van der Waals surface area contributed by atoms with E-state index >= 15 is 0 Å². The van der Waals surface area contributed by atoms with E-state index in [1.807, 2.05) is 30.0 Å². The molecule has 0 bridgehead atoms. The summed E-state index contributed by atoms with van der Waals surface area (Å²) in [6.45, 7) is 2.61. The third kappa shape index (κ3) is 2.37. The molecule has 1 saturated carbocycles. The number of carbonyl (C=O) groups is 2. The standard InChI is InChI=1S/C17H17NO3/c1-2-18(12-9-10-12)16(19)13-7-3-5-11-6-4-8-14(15(11)13)17(20)21/h3-8,12H,2,9-10H2,1H3,(H,20,21). The predicted molar refractivity (Wildman–Crippen MR) is 80.6 cm³/mol. The lowest BCUT2D eigenvalue weighted by Gasteiger charge is -2.21. The topological polar surface area (TPSA) is 57.6 Å². The molecule has 2 aromatic carbocycles. The van der Waals surface area contributed by atoms with Gasteiger partial charge in [-0.2, -0.15) is 0 Å². The lowest BCUT2D eigenvalue weighted by atomic mass is 9.98. The molecule has 1 aliphatic rings. The number of rotatable bonds is 4. The van der Waals surface area contributed by atoms with Gasteiger partial charge in [0.25, 0.3) is 5.91 Å². The summed E-state index contributed by atoms with van der Waals surface area (Å²) in [4.78, 5) is 26.1. The summed E-state index contributed by atoms with van der Waals surface area (Å²) in [5.74, 6) is -1.07. The van der Waals surface area contributed by atoms with Gasteiger partial charge in [-0.3, -0.25) is 4.79 Å². The number of hydrogen-bond acceptors (Lipinski definition) is 2. The van der Waals surface area contributed by atoms with E-state index in [0.29, 0.717) is 23.5 Å². The van der Waals surface area contributed by atoms with Crippen LogP contribution < -0.4 is 0 Å². The van der Waals surface area contributed by atoms with E-state index in [9.17, 15) is 14.7 Å². The van der Waals surface area contributed by atoms with Gasteiger partial charge in [0.15, 0.2) is 0 Å². The number of nitrogens with zero attached hydrogens (tertiary/aromatic N) is 1. The number of carboxylic acid groups (broad SMARTS) is 1. The van der Waals surface area contributed by atoms with Gasteiger partial charge in [-0.1, -0.05) is 24.3 Å². The van der Waals surface area contributed by atoms with E-state index in [4.69, 9.17) is 0 Å². The fourth-order valence-electron chi connectivity index (χ4n) is 2.81. The van der Waals surface area contributed by atoms with Crippen molar-refractivity contribution in [3.8, 4) is 0 Å². The van der Waals surface area contributed by atoms with Gasteiger partial charge in [0, 0.05) is 23.5 Å². The molecule has 21 heavy (non-hydrogen) atoms. The Kier molecular flexibility index (Phi) is 3.37. The molecule has 1 aliphatic carbocycles. The average molecular weight is 283 g/mol. The number of carbonyl (C=O) groups excluding carboxylic acids is 1. The van der Waals surface area contributed by atoms with Crippen LogP contribution in [0.15, 0.2) is 36.4 Å². The third-order valence-electron chi connectivity index (χ3n) is 3.95. The van der Waals surface area contributed by atoms with Gasteiger partial charge in [0.1, 0.15) is 0 Å². The lowest BCUT2D eigenvalue weighted by Crippen LogP contribution is -2.33. The summed E-state index contributed by atoms with van der Waals surface area (Å²) in [5, 5.41) is 10.7. The summed E-state index contributed by atoms with van der Waals surface area (Å²) < 4.78 is 0. The average Bonchev–Trinajstić information content (AvgIpc) is 3.31. The molecule has 0 saturated heterocycles. The maximum atomic E-state index is 12.8. The zero-order chi connectivity index (χ0) is 15.0. The van der Waals surface area contributed by atoms with E-state index in [2.05, 4.69) is 0 Å². The van der Waals surface area contributed by atoms with Crippen LogP contribution in [0, 0.1) is 0 Å². The first-order valence-electron chi connectivity index (χ1n) is 7.19. The minimum absolute atomic E-state index is 0.0701. The van der Waals surface area contributed by atoms with Crippen LogP contribution in [-0.4, -0.2) is 34.5 Å². The van der Waals surface area contributed by atoms with E-state index < -0.39 is 5.97 Å². The zero-order valence-corrected chi connectivity index (χ0v) is 11.9. The molecule has 1 amide bonds. The van der Waals surface area contributed by atoms with Crippen LogP contribution in [-0.2, 0) is 0 Å². The third-order valence-corrected chi connectivity index (χ3v) is 3.95. The smallest absolute Gasteiger partial charge is 0.336 e. The predicted octanol–water partition coefficient (Wildman–Crippen LogP) is 3.16. The van der Waals surface area contributed by atoms with Crippen LogP contribution in [0.1, 0.15) is 40.5 Å². The second-order valence-electron chi connectivity index (χ2n) is 5.34. The molecular formula is C17H17NO3. The molecule has 4 heteroatoms. The van der Waals surface area contributed by atoms with Crippen LogP contribution >= 0.6 is 0 Å². The highest BCUT2D eigenvalue weighted by molar-refractivity contribution is 6.14. The fraction of sp³-hybridized carbons (Fsp3) is 0.294. The van der Waals surface area contributed by atoms with Crippen LogP contribution in [0.2, 0.25) is 0 Å². The van der Waals surface area contributed by atoms with Crippen molar-refractivity contribution in [3.05, 3.63) is 47.5 Å². The first-order chi connectivity index (χ1) is 10.1. The molecular weight excluding hydrogens is 266 g/mol. The van der Waals surface area contributed by atoms with Crippen LogP contribution in [0.5, 0.6) is 0 Å². The molecule has 0 aliphatic heterocycles. The largest absolute Gasteiger partial charge is 0.478 e. The van der Waals surface area contributed by atoms with Gasteiger partial charge >= 0.3 is 5.97 Å². The van der Waals surface area contributed by atoms with Gasteiger partial charge in [-0.25, -0.2) is 4.79 Å². The summed E-state index contributed by atoms with van der Waals surface area (Å²) in [6, 6.07) is 10.8. The molecule has 0 heterocycles. The monoisotopic (exact) mass is 283 g/mol. The Morgan fingerprint density at radius 2 is 1.76 bits per heavy atom. The summed E-state index contributed by atoms with van der Waals surface area (Å²) in [6.07, 6.45) is 2.08. The Balaban J connectivity index is 2.17. The Morgan fingerprint density at radius 3 is 2.29 bits per heavy atom. The molecule has 0 spiro atoms. The molecule has 3 rings (SSSR count). The van der Waals surface area contributed by atoms with Crippen molar-refractivity contribution in [2.45, 2.75) is 25.8 Å². The quantitative estimate of drug-likeness (QED) is 0.937. The van der Waals surface area contributed by atoms with Crippen molar-refractivity contribution in [2.75, 3.05) is 6.54 Å². The Morgan fingerprint density at radius 1 is 1.14 bits per heavy atom.